The lowest BCUT2D eigenvalue weighted by molar-refractivity contribution is -0.0961. The van der Waals surface area contributed by atoms with Crippen LogP contribution < -0.4 is 5.32 Å². The Morgan fingerprint density at radius 3 is 2.60 bits per heavy atom. The third-order valence-corrected chi connectivity index (χ3v) is 6.39. The summed E-state index contributed by atoms with van der Waals surface area (Å²) in [4.78, 5) is 0. The van der Waals surface area contributed by atoms with Gasteiger partial charge in [-0.2, -0.15) is 11.8 Å². The van der Waals surface area contributed by atoms with Crippen LogP contribution in [0, 0.1) is 0 Å². The number of ether oxygens (including phenoxy) is 1. The molecule has 0 bridgehead atoms. The highest BCUT2D eigenvalue weighted by atomic mass is 32.2. The molecule has 1 unspecified atom stereocenters. The summed E-state index contributed by atoms with van der Waals surface area (Å²) >= 11 is 2.06. The van der Waals surface area contributed by atoms with Gasteiger partial charge in [-0.3, -0.25) is 0 Å². The molecule has 3 aliphatic rings. The van der Waals surface area contributed by atoms with Crippen molar-refractivity contribution in [3.05, 3.63) is 0 Å². The van der Waals surface area contributed by atoms with Crippen molar-refractivity contribution in [2.24, 2.45) is 0 Å². The van der Waals surface area contributed by atoms with Gasteiger partial charge in [-0.05, 0) is 50.0 Å². The summed E-state index contributed by atoms with van der Waals surface area (Å²) in [5.41, 5.74) is -0.289. The van der Waals surface area contributed by atoms with Crippen LogP contribution in [0.15, 0.2) is 0 Å². The molecule has 1 saturated carbocycles. The van der Waals surface area contributed by atoms with Gasteiger partial charge in [-0.25, -0.2) is 0 Å². The number of thioether (sulfide) groups is 1. The zero-order valence-electron chi connectivity index (χ0n) is 12.5. The monoisotopic (exact) mass is 299 g/mol. The Bertz CT molecular complexity index is 306. The molecule has 116 valence electrons. The van der Waals surface area contributed by atoms with Gasteiger partial charge in [0.25, 0.3) is 0 Å². The average molecular weight is 299 g/mol. The van der Waals surface area contributed by atoms with Gasteiger partial charge in [0.15, 0.2) is 0 Å². The normalized spacial score (nSPS) is 33.1. The predicted octanol–water partition coefficient (Wildman–Crippen LogP) is 2.72. The second-order valence-corrected chi connectivity index (χ2v) is 8.22. The fourth-order valence-electron chi connectivity index (χ4n) is 4.01. The summed E-state index contributed by atoms with van der Waals surface area (Å²) in [6.07, 6.45) is 10.3. The van der Waals surface area contributed by atoms with Crippen molar-refractivity contribution in [2.45, 2.75) is 75.0 Å². The summed E-state index contributed by atoms with van der Waals surface area (Å²) in [7, 11) is 0. The second kappa shape index (κ2) is 6.55. The third-order valence-electron chi connectivity index (χ3n) is 5.40. The number of hydrogen-bond donors (Lipinski definition) is 2. The molecule has 20 heavy (non-hydrogen) atoms. The van der Waals surface area contributed by atoms with Crippen molar-refractivity contribution in [3.8, 4) is 0 Å². The van der Waals surface area contributed by atoms with Crippen molar-refractivity contribution in [1.82, 2.24) is 5.32 Å². The molecule has 3 nitrogen and oxygen atoms in total. The fraction of sp³-hybridized carbons (Fsp3) is 1.00. The SMILES string of the molecule is OC1(CNC2CCOC3(CCSCC3)C2)CCCCC1. The fourth-order valence-corrected chi connectivity index (χ4v) is 5.25. The Kier molecular flexibility index (Phi) is 4.96. The Morgan fingerprint density at radius 1 is 1.10 bits per heavy atom. The second-order valence-electron chi connectivity index (χ2n) is 7.00. The van der Waals surface area contributed by atoms with Crippen LogP contribution in [0.3, 0.4) is 0 Å². The third kappa shape index (κ3) is 3.70. The predicted molar refractivity (Wildman–Crippen MR) is 84.3 cm³/mol. The minimum Gasteiger partial charge on any atom is -0.389 e. The van der Waals surface area contributed by atoms with Crippen LogP contribution in [0.25, 0.3) is 0 Å². The lowest BCUT2D eigenvalue weighted by Gasteiger charge is -2.44. The number of nitrogens with one attached hydrogen (secondary N) is 1. The molecular formula is C16H29NO2S. The molecule has 2 N–H and O–H groups in total. The van der Waals surface area contributed by atoms with Crippen LogP contribution >= 0.6 is 11.8 Å². The van der Waals surface area contributed by atoms with Crippen molar-refractivity contribution in [2.75, 3.05) is 24.7 Å². The van der Waals surface area contributed by atoms with E-state index >= 15 is 0 Å². The van der Waals surface area contributed by atoms with Gasteiger partial charge in [-0.15, -0.1) is 0 Å². The average Bonchev–Trinajstić information content (AvgIpc) is 2.47. The van der Waals surface area contributed by atoms with Crippen molar-refractivity contribution in [1.29, 1.82) is 0 Å². The Balaban J connectivity index is 1.49. The summed E-state index contributed by atoms with van der Waals surface area (Å²) in [5, 5.41) is 14.3. The van der Waals surface area contributed by atoms with Crippen molar-refractivity contribution >= 4 is 11.8 Å². The molecule has 2 heterocycles. The highest BCUT2D eigenvalue weighted by Crippen LogP contribution is 2.37. The summed E-state index contributed by atoms with van der Waals surface area (Å²) < 4.78 is 6.14. The van der Waals surface area contributed by atoms with Crippen LogP contribution in [-0.2, 0) is 4.74 Å². The van der Waals surface area contributed by atoms with Crippen molar-refractivity contribution in [3.63, 3.8) is 0 Å². The van der Waals surface area contributed by atoms with Gasteiger partial charge >= 0.3 is 0 Å². The van der Waals surface area contributed by atoms with Crippen LogP contribution in [0.4, 0.5) is 0 Å². The number of rotatable bonds is 3. The Hall–Kier alpha value is 0.230. The maximum atomic E-state index is 10.6. The molecule has 0 aromatic heterocycles. The molecule has 0 amide bonds. The first-order valence-corrected chi connectivity index (χ1v) is 9.53. The van der Waals surface area contributed by atoms with E-state index in [1.165, 1.54) is 43.6 Å². The summed E-state index contributed by atoms with van der Waals surface area (Å²) in [6.45, 7) is 1.67. The minimum absolute atomic E-state index is 0.149. The molecule has 1 spiro atoms. The largest absolute Gasteiger partial charge is 0.389 e. The van der Waals surface area contributed by atoms with Gasteiger partial charge in [0.1, 0.15) is 0 Å². The van der Waals surface area contributed by atoms with Gasteiger partial charge in [0, 0.05) is 19.2 Å². The molecule has 2 aliphatic heterocycles. The molecular weight excluding hydrogens is 270 g/mol. The van der Waals surface area contributed by atoms with E-state index < -0.39 is 5.60 Å². The molecule has 1 atom stereocenters. The van der Waals surface area contributed by atoms with E-state index in [1.54, 1.807) is 0 Å². The van der Waals surface area contributed by atoms with E-state index in [2.05, 4.69) is 17.1 Å². The van der Waals surface area contributed by atoms with Crippen LogP contribution in [0.1, 0.15) is 57.8 Å². The summed E-state index contributed by atoms with van der Waals surface area (Å²) in [6, 6.07) is 0.540. The highest BCUT2D eigenvalue weighted by Gasteiger charge is 2.39. The van der Waals surface area contributed by atoms with E-state index in [0.717, 1.165) is 38.8 Å². The van der Waals surface area contributed by atoms with E-state index in [-0.39, 0.29) is 5.60 Å². The zero-order chi connectivity index (χ0) is 13.9. The molecule has 1 aliphatic carbocycles. The zero-order valence-corrected chi connectivity index (χ0v) is 13.3. The molecule has 0 aromatic rings. The quantitative estimate of drug-likeness (QED) is 0.841. The first kappa shape index (κ1) is 15.1. The molecule has 0 radical (unpaired) electrons. The van der Waals surface area contributed by atoms with Crippen LogP contribution in [0.5, 0.6) is 0 Å². The van der Waals surface area contributed by atoms with Crippen LogP contribution in [0.2, 0.25) is 0 Å². The van der Waals surface area contributed by atoms with E-state index in [1.807, 2.05) is 0 Å². The maximum Gasteiger partial charge on any atom is 0.0771 e. The van der Waals surface area contributed by atoms with Crippen molar-refractivity contribution < 1.29 is 9.84 Å². The van der Waals surface area contributed by atoms with Crippen LogP contribution in [-0.4, -0.2) is 47.0 Å². The lowest BCUT2D eigenvalue weighted by Crippen LogP contribution is -2.52. The topological polar surface area (TPSA) is 41.5 Å². The number of hydrogen-bond acceptors (Lipinski definition) is 4. The standard InChI is InChI=1S/C16H29NO2S/c18-15(5-2-1-3-6-15)13-17-14-4-9-19-16(12-14)7-10-20-11-8-16/h14,17-18H,1-13H2. The molecule has 4 heteroatoms. The Labute approximate surface area is 127 Å². The van der Waals surface area contributed by atoms with E-state index in [9.17, 15) is 5.11 Å². The number of aliphatic hydroxyl groups is 1. The van der Waals surface area contributed by atoms with E-state index in [4.69, 9.17) is 4.74 Å². The molecule has 2 saturated heterocycles. The first-order valence-electron chi connectivity index (χ1n) is 8.37. The van der Waals surface area contributed by atoms with E-state index in [0.29, 0.717) is 6.04 Å². The maximum absolute atomic E-state index is 10.6. The minimum atomic E-state index is -0.438. The van der Waals surface area contributed by atoms with Gasteiger partial charge in [0.05, 0.1) is 11.2 Å². The molecule has 0 aromatic carbocycles. The van der Waals surface area contributed by atoms with Gasteiger partial charge in [-0.1, -0.05) is 19.3 Å². The molecule has 3 fully saturated rings. The van der Waals surface area contributed by atoms with Gasteiger partial charge in [0.2, 0.25) is 0 Å². The highest BCUT2D eigenvalue weighted by molar-refractivity contribution is 7.99. The van der Waals surface area contributed by atoms with Gasteiger partial charge < -0.3 is 15.2 Å². The first-order chi connectivity index (χ1) is 9.70. The lowest BCUT2D eigenvalue weighted by atomic mass is 9.83. The summed E-state index contributed by atoms with van der Waals surface area (Å²) in [5.74, 6) is 2.49. The smallest absolute Gasteiger partial charge is 0.0771 e. The Morgan fingerprint density at radius 2 is 1.85 bits per heavy atom. The molecule has 3 rings (SSSR count).